The number of nitrogens with one attached hydrogen (secondary N) is 1. The van der Waals surface area contributed by atoms with Crippen LogP contribution in [0.25, 0.3) is 0 Å². The Bertz CT molecular complexity index is 384. The molecule has 4 heteroatoms. The summed E-state index contributed by atoms with van der Waals surface area (Å²) in [5, 5.41) is 23.0. The van der Waals surface area contributed by atoms with E-state index in [4.69, 9.17) is 5.26 Å². The number of likely N-dealkylation sites (tertiary alicyclic amines) is 1. The van der Waals surface area contributed by atoms with Crippen LogP contribution in [0.3, 0.4) is 0 Å². The molecular weight excluding hydrogens is 274 g/mol. The van der Waals surface area contributed by atoms with Gasteiger partial charge in [-0.1, -0.05) is 12.8 Å². The SMILES string of the molecule is N#CCN1CC(CC(O)C2CC2)CC(NCC2CCCC2)C1. The van der Waals surface area contributed by atoms with E-state index in [0.29, 0.717) is 24.4 Å². The van der Waals surface area contributed by atoms with Crippen molar-refractivity contribution in [3.05, 3.63) is 0 Å². The molecule has 2 saturated carbocycles. The third-order valence-electron chi connectivity index (χ3n) is 5.82. The van der Waals surface area contributed by atoms with Gasteiger partial charge in [0, 0.05) is 19.1 Å². The Morgan fingerprint density at radius 2 is 1.91 bits per heavy atom. The molecule has 2 aliphatic carbocycles. The Morgan fingerprint density at radius 3 is 2.59 bits per heavy atom. The molecule has 0 radical (unpaired) electrons. The van der Waals surface area contributed by atoms with Gasteiger partial charge in [-0.05, 0) is 62.8 Å². The van der Waals surface area contributed by atoms with Crippen molar-refractivity contribution in [2.45, 2.75) is 63.5 Å². The van der Waals surface area contributed by atoms with Crippen molar-refractivity contribution >= 4 is 0 Å². The monoisotopic (exact) mass is 305 g/mol. The van der Waals surface area contributed by atoms with Crippen LogP contribution in [0.1, 0.15) is 51.4 Å². The fraction of sp³-hybridized carbons (Fsp3) is 0.944. The van der Waals surface area contributed by atoms with Gasteiger partial charge in [0.25, 0.3) is 0 Å². The Labute approximate surface area is 134 Å². The molecule has 0 amide bonds. The molecule has 4 nitrogen and oxygen atoms in total. The van der Waals surface area contributed by atoms with Crippen molar-refractivity contribution in [1.29, 1.82) is 5.26 Å². The van der Waals surface area contributed by atoms with Crippen LogP contribution in [0.2, 0.25) is 0 Å². The van der Waals surface area contributed by atoms with E-state index >= 15 is 0 Å². The smallest absolute Gasteiger partial charge is 0.0866 e. The number of rotatable bonds is 7. The molecule has 0 aromatic rings. The molecule has 3 unspecified atom stereocenters. The van der Waals surface area contributed by atoms with Crippen LogP contribution in [0.4, 0.5) is 0 Å². The van der Waals surface area contributed by atoms with Crippen LogP contribution in [0.15, 0.2) is 0 Å². The number of piperidine rings is 1. The number of hydrogen-bond acceptors (Lipinski definition) is 4. The first kappa shape index (κ1) is 16.2. The first-order valence-corrected chi connectivity index (χ1v) is 9.25. The van der Waals surface area contributed by atoms with Crippen molar-refractivity contribution in [3.8, 4) is 6.07 Å². The van der Waals surface area contributed by atoms with Crippen molar-refractivity contribution < 1.29 is 5.11 Å². The van der Waals surface area contributed by atoms with Gasteiger partial charge in [0.15, 0.2) is 0 Å². The van der Waals surface area contributed by atoms with Gasteiger partial charge < -0.3 is 10.4 Å². The molecule has 124 valence electrons. The summed E-state index contributed by atoms with van der Waals surface area (Å²) in [6.07, 6.45) is 9.95. The van der Waals surface area contributed by atoms with Gasteiger partial charge in [0.05, 0.1) is 18.7 Å². The Kier molecular flexibility index (Phi) is 5.73. The molecule has 0 spiro atoms. The normalized spacial score (nSPS) is 32.0. The second-order valence-electron chi connectivity index (χ2n) is 7.85. The third kappa shape index (κ3) is 4.68. The van der Waals surface area contributed by atoms with Crippen LogP contribution in [-0.4, -0.2) is 48.3 Å². The summed E-state index contributed by atoms with van der Waals surface area (Å²) < 4.78 is 0. The Hall–Kier alpha value is -0.630. The van der Waals surface area contributed by atoms with Gasteiger partial charge in [-0.3, -0.25) is 4.90 Å². The number of aliphatic hydroxyl groups is 1. The van der Waals surface area contributed by atoms with Crippen molar-refractivity contribution in [3.63, 3.8) is 0 Å². The maximum atomic E-state index is 10.2. The molecule has 3 aliphatic rings. The molecular formula is C18H31N3O. The second kappa shape index (κ2) is 7.77. The number of nitrogens with zero attached hydrogens (tertiary/aromatic N) is 2. The summed E-state index contributed by atoms with van der Waals surface area (Å²) in [7, 11) is 0. The van der Waals surface area contributed by atoms with Crippen LogP contribution >= 0.6 is 0 Å². The zero-order valence-electron chi connectivity index (χ0n) is 13.7. The minimum absolute atomic E-state index is 0.109. The zero-order valence-corrected chi connectivity index (χ0v) is 13.7. The van der Waals surface area contributed by atoms with E-state index in [0.717, 1.165) is 32.0 Å². The molecule has 3 rings (SSSR count). The minimum atomic E-state index is -0.109. The molecule has 22 heavy (non-hydrogen) atoms. The molecule has 1 saturated heterocycles. The average molecular weight is 305 g/mol. The number of hydrogen-bond donors (Lipinski definition) is 2. The van der Waals surface area contributed by atoms with E-state index in [1.807, 2.05) is 0 Å². The van der Waals surface area contributed by atoms with E-state index in [2.05, 4.69) is 16.3 Å². The fourth-order valence-corrected chi connectivity index (χ4v) is 4.41. The summed E-state index contributed by atoms with van der Waals surface area (Å²) in [6.45, 7) is 3.65. The first-order chi connectivity index (χ1) is 10.7. The zero-order chi connectivity index (χ0) is 15.4. The molecule has 0 aromatic heterocycles. The van der Waals surface area contributed by atoms with Gasteiger partial charge in [-0.25, -0.2) is 0 Å². The molecule has 1 aliphatic heterocycles. The Morgan fingerprint density at radius 1 is 1.14 bits per heavy atom. The molecule has 1 heterocycles. The highest BCUT2D eigenvalue weighted by Gasteiger charge is 2.34. The topological polar surface area (TPSA) is 59.3 Å². The second-order valence-corrected chi connectivity index (χ2v) is 7.85. The maximum Gasteiger partial charge on any atom is 0.0866 e. The number of aliphatic hydroxyl groups excluding tert-OH is 1. The van der Waals surface area contributed by atoms with Gasteiger partial charge >= 0.3 is 0 Å². The standard InChI is InChI=1S/C18H31N3O/c19-7-8-21-12-15(10-18(22)16-5-6-16)9-17(13-21)20-11-14-3-1-2-4-14/h14-18,20,22H,1-6,8-13H2. The van der Waals surface area contributed by atoms with Gasteiger partial charge in [-0.2, -0.15) is 5.26 Å². The highest BCUT2D eigenvalue weighted by molar-refractivity contribution is 4.91. The van der Waals surface area contributed by atoms with Gasteiger partial charge in [-0.15, -0.1) is 0 Å². The van der Waals surface area contributed by atoms with Crippen LogP contribution < -0.4 is 5.32 Å². The Balaban J connectivity index is 1.48. The lowest BCUT2D eigenvalue weighted by molar-refractivity contribution is 0.0790. The highest BCUT2D eigenvalue weighted by Crippen LogP contribution is 2.36. The van der Waals surface area contributed by atoms with Gasteiger partial charge in [0.2, 0.25) is 0 Å². The summed E-state index contributed by atoms with van der Waals surface area (Å²) in [5.74, 6) is 1.97. The molecule has 2 N–H and O–H groups in total. The van der Waals surface area contributed by atoms with Crippen molar-refractivity contribution in [2.24, 2.45) is 17.8 Å². The first-order valence-electron chi connectivity index (χ1n) is 9.25. The van der Waals surface area contributed by atoms with Crippen LogP contribution in [-0.2, 0) is 0 Å². The lowest BCUT2D eigenvalue weighted by atomic mass is 9.88. The fourth-order valence-electron chi connectivity index (χ4n) is 4.41. The molecule has 0 bridgehead atoms. The van der Waals surface area contributed by atoms with Crippen molar-refractivity contribution in [1.82, 2.24) is 10.2 Å². The molecule has 3 fully saturated rings. The minimum Gasteiger partial charge on any atom is -0.393 e. The lowest BCUT2D eigenvalue weighted by Gasteiger charge is -2.38. The van der Waals surface area contributed by atoms with E-state index in [1.165, 1.54) is 44.9 Å². The maximum absolute atomic E-state index is 10.2. The van der Waals surface area contributed by atoms with Crippen molar-refractivity contribution in [2.75, 3.05) is 26.2 Å². The van der Waals surface area contributed by atoms with Crippen LogP contribution in [0, 0.1) is 29.1 Å². The highest BCUT2D eigenvalue weighted by atomic mass is 16.3. The third-order valence-corrected chi connectivity index (χ3v) is 5.82. The molecule has 3 atom stereocenters. The van der Waals surface area contributed by atoms with E-state index in [9.17, 15) is 5.11 Å². The summed E-state index contributed by atoms with van der Waals surface area (Å²) in [4.78, 5) is 2.28. The van der Waals surface area contributed by atoms with Gasteiger partial charge in [0.1, 0.15) is 0 Å². The van der Waals surface area contributed by atoms with E-state index in [1.54, 1.807) is 0 Å². The summed E-state index contributed by atoms with van der Waals surface area (Å²) >= 11 is 0. The predicted octanol–water partition coefficient (Wildman–Crippen LogP) is 2.14. The largest absolute Gasteiger partial charge is 0.393 e. The quantitative estimate of drug-likeness (QED) is 0.708. The summed E-state index contributed by atoms with van der Waals surface area (Å²) in [6, 6.07) is 2.80. The predicted molar refractivity (Wildman–Crippen MR) is 87.3 cm³/mol. The van der Waals surface area contributed by atoms with Crippen LogP contribution in [0.5, 0.6) is 0 Å². The number of nitriles is 1. The van der Waals surface area contributed by atoms with E-state index in [-0.39, 0.29) is 6.10 Å². The lowest BCUT2D eigenvalue weighted by Crippen LogP contribution is -2.50. The summed E-state index contributed by atoms with van der Waals surface area (Å²) in [5.41, 5.74) is 0. The van der Waals surface area contributed by atoms with E-state index < -0.39 is 0 Å². The molecule has 0 aromatic carbocycles. The average Bonchev–Trinajstić information content (AvgIpc) is 3.22.